The number of ketones is 1. The second-order valence-electron chi connectivity index (χ2n) is 9.67. The standard InChI is InChI=1S/C32H31N3O3/c1-24-17-18-35(28(36)23-24)30(31(37)27-15-9-4-10-16-27)32(38)34-21-19-33(20-22-34)29(25-11-5-2-6-12-25)26-13-7-3-8-14-26/h2-18,23,29-30H,19-22H2,1H3. The van der Waals surface area contributed by atoms with Crippen molar-refractivity contribution in [3.8, 4) is 0 Å². The van der Waals surface area contributed by atoms with E-state index in [1.807, 2.05) is 49.4 Å². The largest absolute Gasteiger partial charge is 0.338 e. The maximum atomic E-state index is 13.9. The average Bonchev–Trinajstić information content (AvgIpc) is 2.96. The fourth-order valence-corrected chi connectivity index (χ4v) is 5.18. The van der Waals surface area contributed by atoms with E-state index in [-0.39, 0.29) is 23.3 Å². The number of carbonyl (C=O) groups excluding carboxylic acids is 2. The third kappa shape index (κ3) is 5.36. The van der Waals surface area contributed by atoms with Crippen LogP contribution >= 0.6 is 0 Å². The van der Waals surface area contributed by atoms with Crippen molar-refractivity contribution >= 4 is 11.7 Å². The Morgan fingerprint density at radius 1 is 0.711 bits per heavy atom. The summed E-state index contributed by atoms with van der Waals surface area (Å²) in [4.78, 5) is 44.5. The summed E-state index contributed by atoms with van der Waals surface area (Å²) < 4.78 is 1.27. The first-order valence-electron chi connectivity index (χ1n) is 12.9. The smallest absolute Gasteiger partial charge is 0.253 e. The van der Waals surface area contributed by atoms with Gasteiger partial charge >= 0.3 is 0 Å². The lowest BCUT2D eigenvalue weighted by Gasteiger charge is -2.40. The lowest BCUT2D eigenvalue weighted by atomic mass is 9.96. The Labute approximate surface area is 222 Å². The molecule has 4 aromatic rings. The quantitative estimate of drug-likeness (QED) is 0.274. The highest BCUT2D eigenvalue weighted by Gasteiger charge is 2.36. The molecule has 2 heterocycles. The molecule has 1 aliphatic heterocycles. The molecule has 192 valence electrons. The molecule has 0 bridgehead atoms. The number of piperazine rings is 1. The van der Waals surface area contributed by atoms with E-state index >= 15 is 0 Å². The molecule has 1 aromatic heterocycles. The van der Waals surface area contributed by atoms with Gasteiger partial charge in [-0.05, 0) is 29.7 Å². The van der Waals surface area contributed by atoms with Gasteiger partial charge in [0.2, 0.25) is 0 Å². The molecule has 1 amide bonds. The van der Waals surface area contributed by atoms with Crippen LogP contribution in [-0.4, -0.2) is 52.2 Å². The minimum atomic E-state index is -1.24. The molecule has 0 saturated carbocycles. The molecule has 0 radical (unpaired) electrons. The number of nitrogens with zero attached hydrogens (tertiary/aromatic N) is 3. The summed E-state index contributed by atoms with van der Waals surface area (Å²) in [5.74, 6) is -0.726. The molecule has 0 spiro atoms. The number of aryl methyl sites for hydroxylation is 1. The van der Waals surface area contributed by atoms with Crippen LogP contribution in [0.15, 0.2) is 114 Å². The van der Waals surface area contributed by atoms with Crippen LogP contribution in [0.25, 0.3) is 0 Å². The molecule has 38 heavy (non-hydrogen) atoms. The van der Waals surface area contributed by atoms with Crippen LogP contribution in [0.5, 0.6) is 0 Å². The van der Waals surface area contributed by atoms with Crippen molar-refractivity contribution < 1.29 is 9.59 Å². The molecule has 0 N–H and O–H groups in total. The van der Waals surface area contributed by atoms with Gasteiger partial charge in [-0.2, -0.15) is 0 Å². The topological polar surface area (TPSA) is 62.6 Å². The molecular formula is C32H31N3O3. The molecule has 5 rings (SSSR count). The summed E-state index contributed by atoms with van der Waals surface area (Å²) in [7, 11) is 0. The molecule has 0 aliphatic carbocycles. The highest BCUT2D eigenvalue weighted by molar-refractivity contribution is 6.11. The van der Waals surface area contributed by atoms with Crippen LogP contribution in [0.2, 0.25) is 0 Å². The van der Waals surface area contributed by atoms with Crippen LogP contribution in [0.4, 0.5) is 0 Å². The molecule has 6 nitrogen and oxygen atoms in total. The van der Waals surface area contributed by atoms with E-state index in [0.717, 1.165) is 5.56 Å². The van der Waals surface area contributed by atoms with Gasteiger partial charge in [-0.15, -0.1) is 0 Å². The van der Waals surface area contributed by atoms with Gasteiger partial charge in [0, 0.05) is 44.0 Å². The lowest BCUT2D eigenvalue weighted by Crippen LogP contribution is -2.53. The number of hydrogen-bond donors (Lipinski definition) is 0. The summed E-state index contributed by atoms with van der Waals surface area (Å²) in [6.45, 7) is 4.05. The van der Waals surface area contributed by atoms with Crippen molar-refractivity contribution in [3.05, 3.63) is 142 Å². The highest BCUT2D eigenvalue weighted by Crippen LogP contribution is 2.30. The van der Waals surface area contributed by atoms with E-state index in [2.05, 4.69) is 29.2 Å². The van der Waals surface area contributed by atoms with Crippen LogP contribution in [-0.2, 0) is 4.79 Å². The number of pyridine rings is 1. The Morgan fingerprint density at radius 2 is 1.24 bits per heavy atom. The third-order valence-corrected chi connectivity index (χ3v) is 7.14. The molecule has 1 saturated heterocycles. The maximum absolute atomic E-state index is 13.9. The van der Waals surface area contributed by atoms with Crippen molar-refractivity contribution in [3.63, 3.8) is 0 Å². The van der Waals surface area contributed by atoms with Crippen LogP contribution < -0.4 is 5.56 Å². The molecule has 3 aromatic carbocycles. The fourth-order valence-electron chi connectivity index (χ4n) is 5.18. The molecule has 1 aliphatic rings. The van der Waals surface area contributed by atoms with E-state index in [9.17, 15) is 14.4 Å². The van der Waals surface area contributed by atoms with Gasteiger partial charge < -0.3 is 4.90 Å². The fraction of sp³-hybridized carbons (Fsp3) is 0.219. The Kier molecular flexibility index (Phi) is 7.61. The lowest BCUT2D eigenvalue weighted by molar-refractivity contribution is -0.135. The first-order valence-corrected chi connectivity index (χ1v) is 12.9. The highest BCUT2D eigenvalue weighted by atomic mass is 16.2. The van der Waals surface area contributed by atoms with Gasteiger partial charge in [-0.3, -0.25) is 23.9 Å². The summed E-state index contributed by atoms with van der Waals surface area (Å²) in [5, 5.41) is 0. The summed E-state index contributed by atoms with van der Waals surface area (Å²) in [5.41, 5.74) is 3.22. The van der Waals surface area contributed by atoms with Gasteiger partial charge in [-0.1, -0.05) is 91.0 Å². The third-order valence-electron chi connectivity index (χ3n) is 7.14. The zero-order valence-electron chi connectivity index (χ0n) is 21.4. The number of benzene rings is 3. The van der Waals surface area contributed by atoms with Crippen molar-refractivity contribution in [1.29, 1.82) is 0 Å². The zero-order chi connectivity index (χ0) is 26.5. The number of amides is 1. The number of carbonyl (C=O) groups is 2. The monoisotopic (exact) mass is 505 g/mol. The Balaban J connectivity index is 1.40. The number of hydrogen-bond acceptors (Lipinski definition) is 4. The van der Waals surface area contributed by atoms with Gasteiger partial charge in [0.25, 0.3) is 11.5 Å². The minimum Gasteiger partial charge on any atom is -0.338 e. The minimum absolute atomic E-state index is 0.0658. The van der Waals surface area contributed by atoms with E-state index < -0.39 is 6.04 Å². The summed E-state index contributed by atoms with van der Waals surface area (Å²) >= 11 is 0. The van der Waals surface area contributed by atoms with Gasteiger partial charge in [0.1, 0.15) is 0 Å². The molecule has 1 atom stereocenters. The van der Waals surface area contributed by atoms with E-state index in [1.165, 1.54) is 21.8 Å². The van der Waals surface area contributed by atoms with Crippen molar-refractivity contribution in [2.45, 2.75) is 19.0 Å². The number of aromatic nitrogens is 1. The first-order chi connectivity index (χ1) is 18.5. The summed E-state index contributed by atoms with van der Waals surface area (Å²) in [6, 6.07) is 31.5. The Hall–Kier alpha value is -4.29. The number of Topliss-reactive ketones (excluding diaryl/α,β-unsaturated/α-hetero) is 1. The average molecular weight is 506 g/mol. The second kappa shape index (κ2) is 11.4. The molecule has 1 fully saturated rings. The normalized spacial score (nSPS) is 14.8. The molecular weight excluding hydrogens is 474 g/mol. The maximum Gasteiger partial charge on any atom is 0.253 e. The molecule has 1 unspecified atom stereocenters. The van der Waals surface area contributed by atoms with Gasteiger partial charge in [0.05, 0.1) is 6.04 Å². The van der Waals surface area contributed by atoms with Crippen molar-refractivity contribution in [2.75, 3.05) is 26.2 Å². The first kappa shape index (κ1) is 25.4. The Bertz CT molecular complexity index is 1400. The second-order valence-corrected chi connectivity index (χ2v) is 9.67. The SMILES string of the molecule is Cc1ccn(C(C(=O)c2ccccc2)C(=O)N2CCN(C(c3ccccc3)c3ccccc3)CC2)c(=O)c1. The van der Waals surface area contributed by atoms with Crippen molar-refractivity contribution in [1.82, 2.24) is 14.4 Å². The summed E-state index contributed by atoms with van der Waals surface area (Å²) in [6.07, 6.45) is 1.55. The molecule has 6 heteroatoms. The predicted molar refractivity (Wildman–Crippen MR) is 148 cm³/mol. The predicted octanol–water partition coefficient (Wildman–Crippen LogP) is 4.51. The van der Waals surface area contributed by atoms with Gasteiger partial charge in [-0.25, -0.2) is 0 Å². The van der Waals surface area contributed by atoms with E-state index in [4.69, 9.17) is 0 Å². The Morgan fingerprint density at radius 3 is 1.76 bits per heavy atom. The van der Waals surface area contributed by atoms with Crippen molar-refractivity contribution in [2.24, 2.45) is 0 Å². The van der Waals surface area contributed by atoms with Gasteiger partial charge in [0.15, 0.2) is 11.8 Å². The number of rotatable bonds is 7. The van der Waals surface area contributed by atoms with Crippen LogP contribution in [0, 0.1) is 6.92 Å². The van der Waals surface area contributed by atoms with E-state index in [1.54, 1.807) is 41.4 Å². The zero-order valence-corrected chi connectivity index (χ0v) is 21.4. The van der Waals surface area contributed by atoms with Crippen LogP contribution in [0.1, 0.15) is 39.1 Å². The van der Waals surface area contributed by atoms with E-state index in [0.29, 0.717) is 31.7 Å². The van der Waals surface area contributed by atoms with Crippen LogP contribution in [0.3, 0.4) is 0 Å².